The fourth-order valence-corrected chi connectivity index (χ4v) is 4.29. The van der Waals surface area contributed by atoms with Gasteiger partial charge in [0.05, 0.1) is 30.4 Å². The molecule has 7 heteroatoms. The van der Waals surface area contributed by atoms with Crippen LogP contribution in [0.2, 0.25) is 0 Å². The first kappa shape index (κ1) is 20.9. The van der Waals surface area contributed by atoms with Gasteiger partial charge in [-0.3, -0.25) is 4.90 Å². The average molecular weight is 422 g/mol. The molecular formula is C24H26N2O5. The number of hydrogen-bond donors (Lipinski definition) is 1. The zero-order valence-corrected chi connectivity index (χ0v) is 17.9. The van der Waals surface area contributed by atoms with Crippen molar-refractivity contribution in [3.8, 4) is 0 Å². The van der Waals surface area contributed by atoms with Crippen molar-refractivity contribution in [2.45, 2.75) is 32.9 Å². The maximum Gasteiger partial charge on any atom is 0.336 e. The summed E-state index contributed by atoms with van der Waals surface area (Å²) in [5, 5.41) is 3.12. The number of carbonyl (C=O) groups is 2. The zero-order valence-electron chi connectivity index (χ0n) is 17.9. The summed E-state index contributed by atoms with van der Waals surface area (Å²) in [5.41, 5.74) is 4.56. The van der Waals surface area contributed by atoms with Gasteiger partial charge >= 0.3 is 11.9 Å². The molecule has 7 nitrogen and oxygen atoms in total. The number of benzene rings is 1. The van der Waals surface area contributed by atoms with Crippen LogP contribution < -0.4 is 5.32 Å². The predicted molar refractivity (Wildman–Crippen MR) is 114 cm³/mol. The Morgan fingerprint density at radius 2 is 1.68 bits per heavy atom. The van der Waals surface area contributed by atoms with Gasteiger partial charge in [-0.2, -0.15) is 0 Å². The van der Waals surface area contributed by atoms with E-state index in [9.17, 15) is 9.59 Å². The van der Waals surface area contributed by atoms with Crippen LogP contribution in [0.3, 0.4) is 0 Å². The number of dihydropyridines is 1. The van der Waals surface area contributed by atoms with Crippen LogP contribution in [-0.4, -0.2) is 37.1 Å². The maximum atomic E-state index is 13.1. The van der Waals surface area contributed by atoms with E-state index in [4.69, 9.17) is 13.9 Å². The Kier molecular flexibility index (Phi) is 5.95. The van der Waals surface area contributed by atoms with Crippen LogP contribution in [0.15, 0.2) is 69.6 Å². The number of methoxy groups -OCH3 is 1. The third-order valence-corrected chi connectivity index (χ3v) is 5.76. The van der Waals surface area contributed by atoms with Gasteiger partial charge in [0.1, 0.15) is 12.4 Å². The molecule has 0 saturated carbocycles. The van der Waals surface area contributed by atoms with Crippen molar-refractivity contribution in [2.24, 2.45) is 0 Å². The van der Waals surface area contributed by atoms with Gasteiger partial charge in [-0.1, -0.05) is 24.3 Å². The fourth-order valence-electron chi connectivity index (χ4n) is 4.29. The molecule has 0 spiro atoms. The summed E-state index contributed by atoms with van der Waals surface area (Å²) in [6, 6.07) is 11.8. The largest absolute Gasteiger partial charge is 0.468 e. The highest BCUT2D eigenvalue weighted by Crippen LogP contribution is 2.39. The van der Waals surface area contributed by atoms with Gasteiger partial charge in [0, 0.05) is 31.0 Å². The molecule has 1 unspecified atom stereocenters. The minimum Gasteiger partial charge on any atom is -0.468 e. The molecular weight excluding hydrogens is 396 g/mol. The minimum absolute atomic E-state index is 0.255. The third kappa shape index (κ3) is 4.14. The van der Waals surface area contributed by atoms with E-state index >= 15 is 0 Å². The van der Waals surface area contributed by atoms with E-state index in [1.165, 1.54) is 24.5 Å². The van der Waals surface area contributed by atoms with Crippen molar-refractivity contribution >= 4 is 11.9 Å². The van der Waals surface area contributed by atoms with Crippen molar-refractivity contribution in [3.63, 3.8) is 0 Å². The lowest BCUT2D eigenvalue weighted by Crippen LogP contribution is -2.33. The molecule has 1 aromatic carbocycles. The molecule has 0 amide bonds. The third-order valence-electron chi connectivity index (χ3n) is 5.76. The molecule has 162 valence electrons. The molecule has 0 radical (unpaired) electrons. The summed E-state index contributed by atoms with van der Waals surface area (Å²) >= 11 is 0. The van der Waals surface area contributed by atoms with Gasteiger partial charge in [0.25, 0.3) is 0 Å². The first-order valence-corrected chi connectivity index (χ1v) is 10.3. The van der Waals surface area contributed by atoms with Crippen molar-refractivity contribution in [1.82, 2.24) is 10.2 Å². The van der Waals surface area contributed by atoms with Crippen LogP contribution >= 0.6 is 0 Å². The molecule has 3 heterocycles. The highest BCUT2D eigenvalue weighted by molar-refractivity contribution is 5.99. The standard InChI is InChI=1S/C24H26N2O5/c1-15-20(23(27)29-3)22(19-9-6-11-30-19)21(16(2)25-15)24(28)31-12-10-26-13-17-7-4-5-8-18(17)14-26/h4-9,11,22,25H,10,12-14H2,1-3H3. The lowest BCUT2D eigenvalue weighted by atomic mass is 9.83. The first-order chi connectivity index (χ1) is 15.0. The molecule has 0 fully saturated rings. The number of hydrogen-bond acceptors (Lipinski definition) is 7. The fraction of sp³-hybridized carbons (Fsp3) is 0.333. The van der Waals surface area contributed by atoms with E-state index in [0.717, 1.165) is 13.1 Å². The van der Waals surface area contributed by atoms with Crippen molar-refractivity contribution in [2.75, 3.05) is 20.3 Å². The van der Waals surface area contributed by atoms with Gasteiger partial charge in [-0.15, -0.1) is 0 Å². The molecule has 31 heavy (non-hydrogen) atoms. The van der Waals surface area contributed by atoms with Gasteiger partial charge in [0.2, 0.25) is 0 Å². The van der Waals surface area contributed by atoms with E-state index in [-0.39, 0.29) is 6.61 Å². The highest BCUT2D eigenvalue weighted by Gasteiger charge is 2.39. The Morgan fingerprint density at radius 3 is 2.26 bits per heavy atom. The summed E-state index contributed by atoms with van der Waals surface area (Å²) < 4.78 is 16.2. The number of ether oxygens (including phenoxy) is 2. The summed E-state index contributed by atoms with van der Waals surface area (Å²) in [7, 11) is 1.32. The number of rotatable bonds is 6. The maximum absolute atomic E-state index is 13.1. The quantitative estimate of drug-likeness (QED) is 0.716. The number of esters is 2. The summed E-state index contributed by atoms with van der Waals surface area (Å²) in [5.74, 6) is -1.19. The van der Waals surface area contributed by atoms with Crippen molar-refractivity contribution in [1.29, 1.82) is 0 Å². The second kappa shape index (κ2) is 8.81. The van der Waals surface area contributed by atoms with Crippen LogP contribution in [0.1, 0.15) is 36.7 Å². The van der Waals surface area contributed by atoms with Crippen LogP contribution in [0, 0.1) is 0 Å². The van der Waals surface area contributed by atoms with Crippen LogP contribution in [0.4, 0.5) is 0 Å². The topological polar surface area (TPSA) is 81.0 Å². The monoisotopic (exact) mass is 422 g/mol. The summed E-state index contributed by atoms with van der Waals surface area (Å²) in [4.78, 5) is 27.9. The van der Waals surface area contributed by atoms with Gasteiger partial charge in [-0.25, -0.2) is 9.59 Å². The molecule has 1 N–H and O–H groups in total. The van der Waals surface area contributed by atoms with Gasteiger partial charge in [0.15, 0.2) is 0 Å². The molecule has 2 aromatic rings. The predicted octanol–water partition coefficient (Wildman–Crippen LogP) is 3.25. The number of fused-ring (bicyclic) bond motifs is 1. The summed E-state index contributed by atoms with van der Waals surface area (Å²) in [6.07, 6.45) is 1.52. The second-order valence-corrected chi connectivity index (χ2v) is 7.76. The lowest BCUT2D eigenvalue weighted by Gasteiger charge is -2.28. The zero-order chi connectivity index (χ0) is 22.0. The Bertz CT molecular complexity index is 1030. The molecule has 0 saturated heterocycles. The average Bonchev–Trinajstić information content (AvgIpc) is 3.42. The Morgan fingerprint density at radius 1 is 1.03 bits per heavy atom. The molecule has 2 aliphatic rings. The molecule has 1 atom stereocenters. The van der Waals surface area contributed by atoms with E-state index in [1.54, 1.807) is 26.0 Å². The molecule has 0 bridgehead atoms. The Balaban J connectivity index is 1.48. The highest BCUT2D eigenvalue weighted by atomic mass is 16.5. The minimum atomic E-state index is -0.688. The number of nitrogens with zero attached hydrogens (tertiary/aromatic N) is 1. The smallest absolute Gasteiger partial charge is 0.336 e. The Labute approximate surface area is 181 Å². The van der Waals surface area contributed by atoms with E-state index in [2.05, 4.69) is 22.3 Å². The van der Waals surface area contributed by atoms with Crippen molar-refractivity contribution < 1.29 is 23.5 Å². The molecule has 0 aliphatic carbocycles. The number of furan rings is 1. The van der Waals surface area contributed by atoms with E-state index < -0.39 is 17.9 Å². The molecule has 1 aromatic heterocycles. The van der Waals surface area contributed by atoms with E-state index in [1.807, 2.05) is 12.1 Å². The number of allylic oxidation sites excluding steroid dienone is 2. The van der Waals surface area contributed by atoms with Crippen molar-refractivity contribution in [3.05, 3.63) is 82.1 Å². The van der Waals surface area contributed by atoms with E-state index in [0.29, 0.717) is 34.8 Å². The summed E-state index contributed by atoms with van der Waals surface area (Å²) in [6.45, 7) is 6.15. The van der Waals surface area contributed by atoms with Crippen LogP contribution in [-0.2, 0) is 32.2 Å². The number of carbonyl (C=O) groups excluding carboxylic acids is 2. The van der Waals surface area contributed by atoms with Gasteiger partial charge < -0.3 is 19.2 Å². The molecule has 2 aliphatic heterocycles. The normalized spacial score (nSPS) is 18.6. The second-order valence-electron chi connectivity index (χ2n) is 7.76. The SMILES string of the molecule is COC(=O)C1=C(C)NC(C)=C(C(=O)OCCN2Cc3ccccc3C2)C1c1ccco1. The Hall–Kier alpha value is -3.32. The van der Waals surface area contributed by atoms with Gasteiger partial charge in [-0.05, 0) is 37.1 Å². The first-order valence-electron chi connectivity index (χ1n) is 10.3. The van der Waals surface area contributed by atoms with Crippen LogP contribution in [0.25, 0.3) is 0 Å². The molecule has 4 rings (SSSR count). The lowest BCUT2D eigenvalue weighted by molar-refractivity contribution is -0.140. The van der Waals surface area contributed by atoms with Crippen LogP contribution in [0.5, 0.6) is 0 Å². The number of nitrogens with one attached hydrogen (secondary N) is 1.